The molecule has 0 saturated heterocycles. The second-order valence-electron chi connectivity index (χ2n) is 10.7. The average Bonchev–Trinajstić information content (AvgIpc) is 3.35. The summed E-state index contributed by atoms with van der Waals surface area (Å²) in [5, 5.41) is 8.35. The van der Waals surface area contributed by atoms with Crippen molar-refractivity contribution in [3.05, 3.63) is 47.7 Å². The molecule has 11 heteroatoms. The van der Waals surface area contributed by atoms with Gasteiger partial charge in [0, 0.05) is 18.3 Å². The number of nitrogens with one attached hydrogen (secondary N) is 1. The Morgan fingerprint density at radius 3 is 2.20 bits per heavy atom. The fraction of sp³-hybridized carbons (Fsp3) is 0.500. The molecule has 1 heterocycles. The summed E-state index contributed by atoms with van der Waals surface area (Å²) in [6.45, 7) is 7.78. The van der Waals surface area contributed by atoms with Gasteiger partial charge in [0.05, 0.1) is 36.6 Å². The van der Waals surface area contributed by atoms with Crippen LogP contribution in [0.25, 0.3) is 0 Å². The second-order valence-corrected chi connectivity index (χ2v) is 11.6. The number of esters is 2. The molecule has 1 aromatic rings. The standard InChI is InChI=1S/C30H38N2O8S/c1-18(2)14-39-27(34)16-37-25-9-7-20(10-26(25)38-17-28(35)40-15-19(3)4)24(33)13-32-11-21-6-8-22(30(31)41-5)29(36)23(21)12-32/h6-11,18-19,22-23,31H,12-17H2,1-5H3. The van der Waals surface area contributed by atoms with Crippen molar-refractivity contribution in [3.8, 4) is 11.5 Å². The van der Waals surface area contributed by atoms with E-state index in [-0.39, 0.29) is 67.2 Å². The molecule has 0 aromatic heterocycles. The number of fused-ring (bicyclic) bond motifs is 1. The minimum Gasteiger partial charge on any atom is -0.478 e. The first kappa shape index (κ1) is 31.9. The van der Waals surface area contributed by atoms with Crippen LogP contribution in [0.15, 0.2) is 42.1 Å². The molecule has 41 heavy (non-hydrogen) atoms. The highest BCUT2D eigenvalue weighted by Gasteiger charge is 2.37. The van der Waals surface area contributed by atoms with Gasteiger partial charge in [0.1, 0.15) is 0 Å². The minimum absolute atomic E-state index is 0.0172. The van der Waals surface area contributed by atoms with E-state index in [2.05, 4.69) is 0 Å². The molecule has 1 aromatic carbocycles. The summed E-state index contributed by atoms with van der Waals surface area (Å²) < 4.78 is 21.6. The summed E-state index contributed by atoms with van der Waals surface area (Å²) in [5.41, 5.74) is 1.13. The number of carbonyl (C=O) groups is 4. The van der Waals surface area contributed by atoms with Crippen LogP contribution in [0.5, 0.6) is 11.5 Å². The van der Waals surface area contributed by atoms with Gasteiger partial charge in [-0.1, -0.05) is 39.8 Å². The Morgan fingerprint density at radius 1 is 1.00 bits per heavy atom. The number of Topliss-reactive ketones (excluding diaryl/α,β-unsaturated/α-hetero) is 2. The quantitative estimate of drug-likeness (QED) is 0.148. The number of thioether (sulfide) groups is 1. The molecule has 3 rings (SSSR count). The lowest BCUT2D eigenvalue weighted by Gasteiger charge is -2.23. The maximum Gasteiger partial charge on any atom is 0.344 e. The van der Waals surface area contributed by atoms with E-state index in [1.54, 1.807) is 29.5 Å². The zero-order chi connectivity index (χ0) is 30.1. The fourth-order valence-electron chi connectivity index (χ4n) is 4.14. The molecule has 0 fully saturated rings. The summed E-state index contributed by atoms with van der Waals surface area (Å²) in [6, 6.07) is 4.52. The lowest BCUT2D eigenvalue weighted by molar-refractivity contribution is -0.148. The Kier molecular flexibility index (Phi) is 11.6. The third kappa shape index (κ3) is 9.21. The molecule has 10 nitrogen and oxygen atoms in total. The lowest BCUT2D eigenvalue weighted by atomic mass is 9.84. The number of benzene rings is 1. The Morgan fingerprint density at radius 2 is 1.61 bits per heavy atom. The number of ether oxygens (including phenoxy) is 4. The third-order valence-electron chi connectivity index (χ3n) is 6.24. The van der Waals surface area contributed by atoms with Gasteiger partial charge < -0.3 is 23.8 Å². The van der Waals surface area contributed by atoms with E-state index in [0.29, 0.717) is 17.2 Å². The monoisotopic (exact) mass is 586 g/mol. The topological polar surface area (TPSA) is 132 Å². The van der Waals surface area contributed by atoms with Crippen molar-refractivity contribution >= 4 is 40.3 Å². The summed E-state index contributed by atoms with van der Waals surface area (Å²) in [7, 11) is 0. The van der Waals surface area contributed by atoms with Crippen molar-refractivity contribution in [2.45, 2.75) is 27.7 Å². The molecule has 2 atom stereocenters. The van der Waals surface area contributed by atoms with Gasteiger partial charge in [-0.3, -0.25) is 15.0 Å². The normalized spacial score (nSPS) is 17.8. The highest BCUT2D eigenvalue weighted by Crippen LogP contribution is 2.33. The molecule has 0 saturated carbocycles. The van der Waals surface area contributed by atoms with E-state index >= 15 is 0 Å². The molecule has 0 radical (unpaired) electrons. The van der Waals surface area contributed by atoms with Crippen LogP contribution in [0.1, 0.15) is 38.1 Å². The Labute approximate surface area is 244 Å². The van der Waals surface area contributed by atoms with E-state index in [1.807, 2.05) is 33.8 Å². The molecule has 0 amide bonds. The summed E-state index contributed by atoms with van der Waals surface area (Å²) in [5.74, 6) is -1.72. The molecule has 0 bridgehead atoms. The van der Waals surface area contributed by atoms with Gasteiger partial charge in [0.25, 0.3) is 0 Å². The predicted molar refractivity (Wildman–Crippen MR) is 155 cm³/mol. The first-order valence-corrected chi connectivity index (χ1v) is 14.7. The van der Waals surface area contributed by atoms with Crippen LogP contribution in [-0.4, -0.2) is 79.2 Å². The van der Waals surface area contributed by atoms with E-state index in [4.69, 9.17) is 24.4 Å². The number of hydrogen-bond donors (Lipinski definition) is 1. The number of rotatable bonds is 14. The van der Waals surface area contributed by atoms with Crippen molar-refractivity contribution in [1.82, 2.24) is 4.90 Å². The molecule has 1 aliphatic carbocycles. The first-order chi connectivity index (χ1) is 19.5. The second kappa shape index (κ2) is 14.9. The molecule has 2 aliphatic rings. The Bertz CT molecular complexity index is 1220. The Balaban J connectivity index is 1.69. The summed E-state index contributed by atoms with van der Waals surface area (Å²) in [4.78, 5) is 52.1. The molecule has 222 valence electrons. The maximum absolute atomic E-state index is 13.2. The van der Waals surface area contributed by atoms with Crippen LogP contribution < -0.4 is 9.47 Å². The lowest BCUT2D eigenvalue weighted by Crippen LogP contribution is -2.34. The third-order valence-corrected chi connectivity index (χ3v) is 6.94. The molecular formula is C30H38N2O8S. The number of allylic oxidation sites excluding steroid dienone is 2. The number of carbonyl (C=O) groups excluding carboxylic acids is 4. The minimum atomic E-state index is -0.574. The average molecular weight is 587 g/mol. The molecule has 0 spiro atoms. The van der Waals surface area contributed by atoms with Gasteiger partial charge in [0.15, 0.2) is 36.3 Å². The van der Waals surface area contributed by atoms with Crippen molar-refractivity contribution in [2.75, 3.05) is 45.8 Å². The number of ketones is 2. The van der Waals surface area contributed by atoms with Crippen molar-refractivity contribution < 1.29 is 38.1 Å². The van der Waals surface area contributed by atoms with Gasteiger partial charge >= 0.3 is 11.9 Å². The van der Waals surface area contributed by atoms with Gasteiger partial charge in [-0.05, 0) is 41.9 Å². The Hall–Kier alpha value is -3.60. The van der Waals surface area contributed by atoms with E-state index < -0.39 is 24.5 Å². The zero-order valence-electron chi connectivity index (χ0n) is 24.1. The van der Waals surface area contributed by atoms with Gasteiger partial charge in [-0.2, -0.15) is 0 Å². The van der Waals surface area contributed by atoms with Crippen LogP contribution in [0.4, 0.5) is 0 Å². The zero-order valence-corrected chi connectivity index (χ0v) is 25.0. The van der Waals surface area contributed by atoms with E-state index in [1.165, 1.54) is 23.9 Å². The van der Waals surface area contributed by atoms with Crippen LogP contribution in [0.3, 0.4) is 0 Å². The van der Waals surface area contributed by atoms with E-state index in [0.717, 1.165) is 5.57 Å². The number of hydrogen-bond acceptors (Lipinski definition) is 11. The van der Waals surface area contributed by atoms with Crippen molar-refractivity contribution in [2.24, 2.45) is 23.7 Å². The van der Waals surface area contributed by atoms with Gasteiger partial charge in [-0.15, -0.1) is 11.8 Å². The van der Waals surface area contributed by atoms with E-state index in [9.17, 15) is 19.2 Å². The fourth-order valence-corrected chi connectivity index (χ4v) is 4.59. The van der Waals surface area contributed by atoms with Crippen LogP contribution in [0, 0.1) is 29.1 Å². The molecular weight excluding hydrogens is 548 g/mol. The highest BCUT2D eigenvalue weighted by molar-refractivity contribution is 8.13. The first-order valence-electron chi connectivity index (χ1n) is 13.5. The smallest absolute Gasteiger partial charge is 0.344 e. The SMILES string of the molecule is CSC(=N)C1C=CC2=CN(CC(=O)c3ccc(OCC(=O)OCC(C)C)c(OCC(=O)OCC(C)C)c3)CC2C1=O. The van der Waals surface area contributed by atoms with Gasteiger partial charge in [0.2, 0.25) is 0 Å². The van der Waals surface area contributed by atoms with Crippen molar-refractivity contribution in [1.29, 1.82) is 5.41 Å². The van der Waals surface area contributed by atoms with Crippen molar-refractivity contribution in [3.63, 3.8) is 0 Å². The van der Waals surface area contributed by atoms with Crippen LogP contribution in [0.2, 0.25) is 0 Å². The molecule has 2 unspecified atom stereocenters. The predicted octanol–water partition coefficient (Wildman–Crippen LogP) is 3.94. The van der Waals surface area contributed by atoms with Crippen LogP contribution in [-0.2, 0) is 23.9 Å². The van der Waals surface area contributed by atoms with Gasteiger partial charge in [-0.25, -0.2) is 9.59 Å². The summed E-state index contributed by atoms with van der Waals surface area (Å²) >= 11 is 1.25. The largest absolute Gasteiger partial charge is 0.478 e. The highest BCUT2D eigenvalue weighted by atomic mass is 32.2. The molecule has 1 aliphatic heterocycles. The number of nitrogens with zero attached hydrogens (tertiary/aromatic N) is 1. The molecule has 1 N–H and O–H groups in total. The summed E-state index contributed by atoms with van der Waals surface area (Å²) in [6.07, 6.45) is 7.17. The maximum atomic E-state index is 13.2. The van der Waals surface area contributed by atoms with Crippen LogP contribution >= 0.6 is 11.8 Å².